The van der Waals surface area contributed by atoms with E-state index in [0.29, 0.717) is 12.7 Å². The van der Waals surface area contributed by atoms with Crippen LogP contribution in [0.25, 0.3) is 0 Å². The zero-order chi connectivity index (χ0) is 11.6. The molecular formula is C12H25NO3. The van der Waals surface area contributed by atoms with Crippen LogP contribution in [0.15, 0.2) is 0 Å². The number of hydrogen-bond acceptors (Lipinski definition) is 4. The summed E-state index contributed by atoms with van der Waals surface area (Å²) in [5, 5.41) is 3.38. The van der Waals surface area contributed by atoms with E-state index in [-0.39, 0.29) is 6.10 Å². The first-order chi connectivity index (χ1) is 7.86. The number of nitrogens with one attached hydrogen (secondary N) is 1. The van der Waals surface area contributed by atoms with E-state index in [1.807, 2.05) is 0 Å². The van der Waals surface area contributed by atoms with Gasteiger partial charge in [-0.1, -0.05) is 0 Å². The molecule has 2 atom stereocenters. The zero-order valence-electron chi connectivity index (χ0n) is 10.5. The summed E-state index contributed by atoms with van der Waals surface area (Å²) in [6.07, 6.45) is 5.50. The van der Waals surface area contributed by atoms with Crippen molar-refractivity contribution in [1.82, 2.24) is 5.32 Å². The summed E-state index contributed by atoms with van der Waals surface area (Å²) in [5.41, 5.74) is 0. The maximum absolute atomic E-state index is 5.57. The van der Waals surface area contributed by atoms with E-state index in [0.717, 1.165) is 19.7 Å². The van der Waals surface area contributed by atoms with Gasteiger partial charge in [0.2, 0.25) is 0 Å². The smallest absolute Gasteiger partial charge is 0.0928 e. The van der Waals surface area contributed by atoms with E-state index in [1.165, 1.54) is 25.7 Å². The minimum absolute atomic E-state index is 0.160. The zero-order valence-corrected chi connectivity index (χ0v) is 10.5. The van der Waals surface area contributed by atoms with Crippen molar-refractivity contribution in [3.05, 3.63) is 0 Å². The highest BCUT2D eigenvalue weighted by molar-refractivity contribution is 4.66. The molecule has 0 spiro atoms. The third kappa shape index (κ3) is 5.80. The van der Waals surface area contributed by atoms with Gasteiger partial charge in [0.1, 0.15) is 0 Å². The Kier molecular flexibility index (Phi) is 7.76. The first-order valence-electron chi connectivity index (χ1n) is 6.21. The Morgan fingerprint density at radius 3 is 2.94 bits per heavy atom. The van der Waals surface area contributed by atoms with Crippen LogP contribution in [0.1, 0.15) is 25.7 Å². The molecule has 1 saturated heterocycles. The van der Waals surface area contributed by atoms with Crippen molar-refractivity contribution in [2.75, 3.05) is 40.5 Å². The Morgan fingerprint density at radius 1 is 1.44 bits per heavy atom. The molecule has 0 aromatic rings. The Hall–Kier alpha value is -0.160. The van der Waals surface area contributed by atoms with Gasteiger partial charge < -0.3 is 19.5 Å². The molecule has 2 unspecified atom stereocenters. The summed E-state index contributed by atoms with van der Waals surface area (Å²) >= 11 is 0. The van der Waals surface area contributed by atoms with Gasteiger partial charge in [-0.3, -0.25) is 0 Å². The SMILES string of the molecule is COCC(CNCCCC1CCCO1)OC. The minimum Gasteiger partial charge on any atom is -0.382 e. The van der Waals surface area contributed by atoms with E-state index in [4.69, 9.17) is 14.2 Å². The molecule has 0 amide bonds. The van der Waals surface area contributed by atoms with Crippen molar-refractivity contribution < 1.29 is 14.2 Å². The summed E-state index contributed by atoms with van der Waals surface area (Å²) in [5.74, 6) is 0. The van der Waals surface area contributed by atoms with Gasteiger partial charge in [0.05, 0.1) is 18.8 Å². The minimum atomic E-state index is 0.160. The predicted octanol–water partition coefficient (Wildman–Crippen LogP) is 1.20. The fourth-order valence-electron chi connectivity index (χ4n) is 1.99. The Morgan fingerprint density at radius 2 is 2.31 bits per heavy atom. The van der Waals surface area contributed by atoms with Gasteiger partial charge in [0.15, 0.2) is 0 Å². The van der Waals surface area contributed by atoms with Gasteiger partial charge in [-0.05, 0) is 32.2 Å². The second kappa shape index (κ2) is 8.93. The molecule has 0 radical (unpaired) electrons. The van der Waals surface area contributed by atoms with Crippen molar-refractivity contribution in [3.63, 3.8) is 0 Å². The average molecular weight is 231 g/mol. The van der Waals surface area contributed by atoms with Crippen LogP contribution in [0.5, 0.6) is 0 Å². The molecule has 16 heavy (non-hydrogen) atoms. The molecule has 1 N–H and O–H groups in total. The first-order valence-corrected chi connectivity index (χ1v) is 6.21. The average Bonchev–Trinajstić information content (AvgIpc) is 2.80. The molecule has 1 aliphatic heterocycles. The highest BCUT2D eigenvalue weighted by atomic mass is 16.5. The fourth-order valence-corrected chi connectivity index (χ4v) is 1.99. The summed E-state index contributed by atoms with van der Waals surface area (Å²) < 4.78 is 15.9. The van der Waals surface area contributed by atoms with Crippen molar-refractivity contribution >= 4 is 0 Å². The lowest BCUT2D eigenvalue weighted by Crippen LogP contribution is -2.32. The Labute approximate surface area is 98.6 Å². The lowest BCUT2D eigenvalue weighted by Gasteiger charge is -2.15. The van der Waals surface area contributed by atoms with Crippen LogP contribution in [0.4, 0.5) is 0 Å². The van der Waals surface area contributed by atoms with Crippen LogP contribution in [0.2, 0.25) is 0 Å². The van der Waals surface area contributed by atoms with Gasteiger partial charge in [-0.2, -0.15) is 0 Å². The normalized spacial score (nSPS) is 22.5. The maximum Gasteiger partial charge on any atom is 0.0928 e. The quantitative estimate of drug-likeness (QED) is 0.605. The molecule has 0 aromatic heterocycles. The largest absolute Gasteiger partial charge is 0.382 e. The van der Waals surface area contributed by atoms with E-state index in [1.54, 1.807) is 14.2 Å². The van der Waals surface area contributed by atoms with Crippen LogP contribution in [0, 0.1) is 0 Å². The highest BCUT2D eigenvalue weighted by Crippen LogP contribution is 2.16. The molecule has 4 nitrogen and oxygen atoms in total. The first kappa shape index (κ1) is 13.9. The van der Waals surface area contributed by atoms with Gasteiger partial charge in [0.25, 0.3) is 0 Å². The Bertz CT molecular complexity index is 160. The number of ether oxygens (including phenoxy) is 3. The maximum atomic E-state index is 5.57. The molecule has 1 heterocycles. The van der Waals surface area contributed by atoms with Crippen molar-refractivity contribution in [2.45, 2.75) is 37.9 Å². The third-order valence-corrected chi connectivity index (χ3v) is 2.96. The third-order valence-electron chi connectivity index (χ3n) is 2.96. The lowest BCUT2D eigenvalue weighted by molar-refractivity contribution is 0.0288. The van der Waals surface area contributed by atoms with E-state index >= 15 is 0 Å². The van der Waals surface area contributed by atoms with Crippen LogP contribution in [-0.4, -0.2) is 52.7 Å². The summed E-state index contributed by atoms with van der Waals surface area (Å²) in [4.78, 5) is 0. The standard InChI is InChI=1S/C12H25NO3/c1-14-10-12(15-2)9-13-7-3-5-11-6-4-8-16-11/h11-13H,3-10H2,1-2H3. The molecule has 0 aromatic carbocycles. The van der Waals surface area contributed by atoms with E-state index in [9.17, 15) is 0 Å². The van der Waals surface area contributed by atoms with Gasteiger partial charge in [-0.25, -0.2) is 0 Å². The number of rotatable bonds is 9. The molecule has 1 aliphatic rings. The van der Waals surface area contributed by atoms with Crippen LogP contribution < -0.4 is 5.32 Å². The second-order valence-electron chi connectivity index (χ2n) is 4.29. The van der Waals surface area contributed by atoms with Crippen molar-refractivity contribution in [2.24, 2.45) is 0 Å². The number of methoxy groups -OCH3 is 2. The van der Waals surface area contributed by atoms with Crippen LogP contribution >= 0.6 is 0 Å². The van der Waals surface area contributed by atoms with Crippen molar-refractivity contribution in [1.29, 1.82) is 0 Å². The van der Waals surface area contributed by atoms with Gasteiger partial charge in [0, 0.05) is 27.4 Å². The monoisotopic (exact) mass is 231 g/mol. The molecular weight excluding hydrogens is 206 g/mol. The molecule has 1 rings (SSSR count). The molecule has 0 bridgehead atoms. The number of hydrogen-bond donors (Lipinski definition) is 1. The van der Waals surface area contributed by atoms with E-state index in [2.05, 4.69) is 5.32 Å². The molecule has 0 aliphatic carbocycles. The van der Waals surface area contributed by atoms with E-state index < -0.39 is 0 Å². The molecule has 1 fully saturated rings. The van der Waals surface area contributed by atoms with Crippen LogP contribution in [0.3, 0.4) is 0 Å². The highest BCUT2D eigenvalue weighted by Gasteiger charge is 2.14. The van der Waals surface area contributed by atoms with Gasteiger partial charge >= 0.3 is 0 Å². The summed E-state index contributed by atoms with van der Waals surface area (Å²) in [6.45, 7) is 3.49. The summed E-state index contributed by atoms with van der Waals surface area (Å²) in [7, 11) is 3.42. The second-order valence-corrected chi connectivity index (χ2v) is 4.29. The topological polar surface area (TPSA) is 39.7 Å². The molecule has 4 heteroatoms. The lowest BCUT2D eigenvalue weighted by atomic mass is 10.1. The molecule has 96 valence electrons. The summed E-state index contributed by atoms with van der Waals surface area (Å²) in [6, 6.07) is 0. The van der Waals surface area contributed by atoms with Gasteiger partial charge in [-0.15, -0.1) is 0 Å². The van der Waals surface area contributed by atoms with Crippen molar-refractivity contribution in [3.8, 4) is 0 Å². The fraction of sp³-hybridized carbons (Fsp3) is 1.00. The Balaban J connectivity index is 1.89. The predicted molar refractivity (Wildman–Crippen MR) is 63.8 cm³/mol. The van der Waals surface area contributed by atoms with Crippen LogP contribution in [-0.2, 0) is 14.2 Å². The molecule has 0 saturated carbocycles.